The third-order valence-corrected chi connectivity index (χ3v) is 5.96. The molecule has 0 amide bonds. The second-order valence-corrected chi connectivity index (χ2v) is 7.96. The molecule has 0 saturated carbocycles. The molecule has 118 valence electrons. The van der Waals surface area contributed by atoms with Gasteiger partial charge in [-0.2, -0.15) is 4.36 Å². The molecule has 3 nitrogen and oxygen atoms in total. The van der Waals surface area contributed by atoms with E-state index >= 15 is 0 Å². The molecule has 0 N–H and O–H groups in total. The Morgan fingerprint density at radius 1 is 1.05 bits per heavy atom. The Labute approximate surface area is 133 Å². The van der Waals surface area contributed by atoms with Gasteiger partial charge in [0, 0.05) is 10.6 Å². The number of aryl methyl sites for hydroxylation is 3. The van der Waals surface area contributed by atoms with Crippen molar-refractivity contribution in [2.45, 2.75) is 32.6 Å². The summed E-state index contributed by atoms with van der Waals surface area (Å²) in [6.45, 7) is 8.00. The average Bonchev–Trinajstić information content (AvgIpc) is 2.50. The molecule has 2 aromatic rings. The van der Waals surface area contributed by atoms with Crippen LogP contribution in [-0.2, 0) is 9.73 Å². The van der Waals surface area contributed by atoms with Crippen molar-refractivity contribution >= 4 is 15.4 Å². The van der Waals surface area contributed by atoms with Crippen LogP contribution in [0, 0.1) is 20.8 Å². The molecule has 22 heavy (non-hydrogen) atoms. The summed E-state index contributed by atoms with van der Waals surface area (Å²) in [7, 11) is -0.852. The first-order valence-corrected chi connectivity index (χ1v) is 9.05. The van der Waals surface area contributed by atoms with E-state index < -0.39 is 9.73 Å². The van der Waals surface area contributed by atoms with Gasteiger partial charge in [0.1, 0.15) is 5.75 Å². The summed E-state index contributed by atoms with van der Waals surface area (Å²) in [5.41, 5.74) is 4.16. The van der Waals surface area contributed by atoms with Gasteiger partial charge in [0.25, 0.3) is 0 Å². The fourth-order valence-corrected chi connectivity index (χ4v) is 4.25. The van der Waals surface area contributed by atoms with Gasteiger partial charge in [-0.3, -0.25) is 0 Å². The van der Waals surface area contributed by atoms with Crippen molar-refractivity contribution in [3.63, 3.8) is 0 Å². The maximum Gasteiger partial charge on any atom is 0.118 e. The highest BCUT2D eigenvalue weighted by molar-refractivity contribution is 7.93. The lowest BCUT2D eigenvalue weighted by molar-refractivity contribution is 0.414. The Balaban J connectivity index is 2.61. The van der Waals surface area contributed by atoms with Gasteiger partial charge < -0.3 is 4.74 Å². The number of methoxy groups -OCH3 is 1. The van der Waals surface area contributed by atoms with E-state index in [0.717, 1.165) is 27.5 Å². The lowest BCUT2D eigenvalue weighted by Gasteiger charge is -2.12. The van der Waals surface area contributed by atoms with Crippen LogP contribution in [0.1, 0.15) is 23.6 Å². The van der Waals surface area contributed by atoms with E-state index in [1.54, 1.807) is 7.11 Å². The normalized spacial score (nSPS) is 13.5. The molecule has 0 fully saturated rings. The highest BCUT2D eigenvalue weighted by atomic mass is 32.2. The SMILES string of the molecule is CCS(=O)(=Nc1c(C)cc(C)cc1C)c1ccc(OC)cc1. The Kier molecular flexibility index (Phi) is 4.91. The Morgan fingerprint density at radius 2 is 1.59 bits per heavy atom. The summed E-state index contributed by atoms with van der Waals surface area (Å²) in [6.07, 6.45) is 0. The second-order valence-electron chi connectivity index (χ2n) is 5.44. The molecule has 1 unspecified atom stereocenters. The van der Waals surface area contributed by atoms with Crippen molar-refractivity contribution in [1.82, 2.24) is 0 Å². The molecule has 0 aliphatic rings. The quantitative estimate of drug-likeness (QED) is 0.812. The van der Waals surface area contributed by atoms with Gasteiger partial charge in [-0.15, -0.1) is 0 Å². The lowest BCUT2D eigenvalue weighted by Crippen LogP contribution is -2.04. The molecule has 0 heterocycles. The van der Waals surface area contributed by atoms with Crippen molar-refractivity contribution in [2.75, 3.05) is 12.9 Å². The van der Waals surface area contributed by atoms with Crippen LogP contribution in [-0.4, -0.2) is 17.1 Å². The maximum atomic E-state index is 13.3. The number of nitrogens with zero attached hydrogens (tertiary/aromatic N) is 1. The van der Waals surface area contributed by atoms with Gasteiger partial charge in [-0.05, 0) is 56.2 Å². The van der Waals surface area contributed by atoms with E-state index in [1.807, 2.05) is 45.0 Å². The molecule has 2 rings (SSSR count). The molecule has 0 aromatic heterocycles. The smallest absolute Gasteiger partial charge is 0.118 e. The van der Waals surface area contributed by atoms with E-state index in [0.29, 0.717) is 5.75 Å². The molecular weight excluding hydrogens is 294 g/mol. The van der Waals surface area contributed by atoms with Crippen molar-refractivity contribution in [2.24, 2.45) is 4.36 Å². The maximum absolute atomic E-state index is 13.3. The van der Waals surface area contributed by atoms with Crippen molar-refractivity contribution in [3.05, 3.63) is 53.1 Å². The van der Waals surface area contributed by atoms with Crippen molar-refractivity contribution in [3.8, 4) is 5.75 Å². The topological polar surface area (TPSA) is 38.7 Å². The van der Waals surface area contributed by atoms with Crippen LogP contribution in [0.3, 0.4) is 0 Å². The summed E-state index contributed by atoms with van der Waals surface area (Å²) >= 11 is 0. The van der Waals surface area contributed by atoms with Crippen molar-refractivity contribution in [1.29, 1.82) is 0 Å². The number of ether oxygens (including phenoxy) is 1. The molecule has 4 heteroatoms. The Hall–Kier alpha value is -1.81. The largest absolute Gasteiger partial charge is 0.497 e. The summed E-state index contributed by atoms with van der Waals surface area (Å²) in [4.78, 5) is 0.746. The molecular formula is C18H23NO2S. The Bertz CT molecular complexity index is 762. The van der Waals surface area contributed by atoms with E-state index in [4.69, 9.17) is 4.74 Å². The summed E-state index contributed by atoms with van der Waals surface area (Å²) in [5, 5.41) is 0. The van der Waals surface area contributed by atoms with Crippen molar-refractivity contribution < 1.29 is 8.95 Å². The standard InChI is InChI=1S/C18H23NO2S/c1-6-22(20,17-9-7-16(21-5)8-10-17)19-18-14(3)11-13(2)12-15(18)4/h7-12H,6H2,1-5H3. The van der Waals surface area contributed by atoms with E-state index in [2.05, 4.69) is 23.4 Å². The van der Waals surface area contributed by atoms with Crippen LogP contribution < -0.4 is 4.74 Å². The van der Waals surface area contributed by atoms with Gasteiger partial charge in [0.05, 0.1) is 22.5 Å². The lowest BCUT2D eigenvalue weighted by atomic mass is 10.1. The molecule has 0 saturated heterocycles. The molecule has 0 radical (unpaired) electrons. The summed E-state index contributed by atoms with van der Waals surface area (Å²) < 4.78 is 23.1. The number of hydrogen-bond acceptors (Lipinski definition) is 3. The van der Waals surface area contributed by atoms with Crippen LogP contribution in [0.4, 0.5) is 5.69 Å². The third-order valence-electron chi connectivity index (χ3n) is 3.69. The van der Waals surface area contributed by atoms with E-state index in [1.165, 1.54) is 5.56 Å². The van der Waals surface area contributed by atoms with Gasteiger partial charge in [0.15, 0.2) is 0 Å². The molecule has 1 atom stereocenters. The zero-order valence-electron chi connectivity index (χ0n) is 13.8. The fraction of sp³-hybridized carbons (Fsp3) is 0.333. The molecule has 0 spiro atoms. The van der Waals surface area contributed by atoms with Gasteiger partial charge in [-0.25, -0.2) is 4.21 Å². The van der Waals surface area contributed by atoms with Crippen LogP contribution in [0.2, 0.25) is 0 Å². The van der Waals surface area contributed by atoms with Gasteiger partial charge >= 0.3 is 0 Å². The minimum Gasteiger partial charge on any atom is -0.497 e. The average molecular weight is 317 g/mol. The predicted molar refractivity (Wildman–Crippen MR) is 92.7 cm³/mol. The predicted octanol–water partition coefficient (Wildman–Crippen LogP) is 4.80. The fourth-order valence-electron chi connectivity index (χ4n) is 2.54. The van der Waals surface area contributed by atoms with E-state index in [9.17, 15) is 4.21 Å². The number of hydrogen-bond donors (Lipinski definition) is 0. The number of rotatable bonds is 4. The summed E-state index contributed by atoms with van der Waals surface area (Å²) in [6, 6.07) is 11.5. The molecule has 0 aliphatic heterocycles. The highest BCUT2D eigenvalue weighted by Gasteiger charge is 2.13. The van der Waals surface area contributed by atoms with E-state index in [-0.39, 0.29) is 0 Å². The third kappa shape index (κ3) is 3.33. The summed E-state index contributed by atoms with van der Waals surface area (Å²) in [5.74, 6) is 1.23. The van der Waals surface area contributed by atoms with Crippen LogP contribution in [0.15, 0.2) is 45.7 Å². The molecule has 2 aromatic carbocycles. The Morgan fingerprint density at radius 3 is 2.05 bits per heavy atom. The van der Waals surface area contributed by atoms with Crippen LogP contribution in [0.5, 0.6) is 5.75 Å². The first kappa shape index (κ1) is 16.6. The molecule has 0 bridgehead atoms. The first-order chi connectivity index (χ1) is 10.4. The first-order valence-electron chi connectivity index (χ1n) is 7.36. The molecule has 0 aliphatic carbocycles. The second kappa shape index (κ2) is 6.53. The van der Waals surface area contributed by atoms with Crippen LogP contribution in [0.25, 0.3) is 0 Å². The minimum atomic E-state index is -2.47. The van der Waals surface area contributed by atoms with Crippen LogP contribution >= 0.6 is 0 Å². The monoisotopic (exact) mass is 317 g/mol. The zero-order valence-corrected chi connectivity index (χ0v) is 14.7. The minimum absolute atomic E-state index is 0.478. The van der Waals surface area contributed by atoms with Gasteiger partial charge in [0.2, 0.25) is 0 Å². The van der Waals surface area contributed by atoms with Gasteiger partial charge in [-0.1, -0.05) is 24.6 Å². The number of benzene rings is 2. The zero-order chi connectivity index (χ0) is 16.3. The highest BCUT2D eigenvalue weighted by Crippen LogP contribution is 2.29.